The number of aromatic nitrogens is 5. The Morgan fingerprint density at radius 2 is 2.05 bits per heavy atom. The number of thiophene rings is 1. The van der Waals surface area contributed by atoms with Crippen LogP contribution in [0.5, 0.6) is 5.75 Å². The van der Waals surface area contributed by atoms with Crippen molar-refractivity contribution in [2.24, 2.45) is 7.05 Å². The third-order valence-electron chi connectivity index (χ3n) is 7.16. The van der Waals surface area contributed by atoms with Gasteiger partial charge in [-0.25, -0.2) is 14.4 Å². The lowest BCUT2D eigenvalue weighted by atomic mass is 9.96. The topological polar surface area (TPSA) is 118 Å². The molecule has 0 aliphatic heterocycles. The molecule has 0 spiro atoms. The summed E-state index contributed by atoms with van der Waals surface area (Å²) in [6.07, 6.45) is 2.22. The number of H-pyrrole nitrogens is 1. The molecule has 11 heteroatoms. The number of nitrogens with one attached hydrogen (secondary N) is 2. The molecule has 1 amide bonds. The molecule has 0 aliphatic carbocycles. The molecule has 0 saturated heterocycles. The maximum Gasteiger partial charge on any atom is 0.243 e. The van der Waals surface area contributed by atoms with Gasteiger partial charge in [0.15, 0.2) is 0 Å². The van der Waals surface area contributed by atoms with E-state index in [1.165, 1.54) is 23.5 Å². The average Bonchev–Trinajstić information content (AvgIpc) is 3.76. The van der Waals surface area contributed by atoms with Crippen molar-refractivity contribution in [1.82, 2.24) is 30.0 Å². The van der Waals surface area contributed by atoms with Gasteiger partial charge in [-0.05, 0) is 61.7 Å². The third-order valence-corrected chi connectivity index (χ3v) is 8.09. The molecule has 218 valence electrons. The number of aliphatic hydroxyl groups is 1. The lowest BCUT2D eigenvalue weighted by Crippen LogP contribution is -2.24. The van der Waals surface area contributed by atoms with Crippen molar-refractivity contribution in [1.29, 1.82) is 0 Å². The molecule has 3 N–H and O–H groups in total. The quantitative estimate of drug-likeness (QED) is 0.172. The number of imidazole rings is 1. The summed E-state index contributed by atoms with van der Waals surface area (Å²) in [5.74, 6) is -0.532. The van der Waals surface area contributed by atoms with Gasteiger partial charge in [-0.3, -0.25) is 9.89 Å². The number of aliphatic hydroxyl groups excluding tert-OH is 1. The highest BCUT2D eigenvalue weighted by atomic mass is 32.1. The van der Waals surface area contributed by atoms with Gasteiger partial charge in [0, 0.05) is 28.3 Å². The monoisotopic (exact) mass is 596 g/mol. The molecule has 0 fully saturated rings. The number of rotatable bonds is 9. The van der Waals surface area contributed by atoms with E-state index in [4.69, 9.17) is 9.72 Å². The van der Waals surface area contributed by atoms with E-state index in [1.54, 1.807) is 31.5 Å². The smallest absolute Gasteiger partial charge is 0.243 e. The second kappa shape index (κ2) is 11.4. The first-order valence-electron chi connectivity index (χ1n) is 13.7. The summed E-state index contributed by atoms with van der Waals surface area (Å²) in [5, 5.41) is 23.1. The summed E-state index contributed by atoms with van der Waals surface area (Å²) in [4.78, 5) is 21.6. The number of pyridine rings is 1. The largest absolute Gasteiger partial charge is 0.490 e. The van der Waals surface area contributed by atoms with Gasteiger partial charge < -0.3 is 19.7 Å². The van der Waals surface area contributed by atoms with Crippen LogP contribution in [0.1, 0.15) is 25.6 Å². The zero-order chi connectivity index (χ0) is 30.2. The van der Waals surface area contributed by atoms with E-state index in [-0.39, 0.29) is 23.8 Å². The number of fused-ring (bicyclic) bond motifs is 2. The Balaban J connectivity index is 1.61. The highest BCUT2D eigenvalue weighted by molar-refractivity contribution is 7.18. The molecule has 2 atom stereocenters. The number of nitrogens with zero attached hydrogens (tertiary/aromatic N) is 4. The maximum atomic E-state index is 15.8. The summed E-state index contributed by atoms with van der Waals surface area (Å²) >= 11 is 1.46. The van der Waals surface area contributed by atoms with Gasteiger partial charge in [0.1, 0.15) is 29.6 Å². The van der Waals surface area contributed by atoms with Crippen molar-refractivity contribution in [3.8, 4) is 39.5 Å². The zero-order valence-electron chi connectivity index (χ0n) is 23.8. The number of amides is 1. The maximum absolute atomic E-state index is 15.8. The molecule has 6 aromatic rings. The van der Waals surface area contributed by atoms with Crippen molar-refractivity contribution >= 4 is 38.4 Å². The number of carbonyl (C=O) groups excluding carboxylic acids is 1. The van der Waals surface area contributed by atoms with E-state index in [2.05, 4.69) is 27.1 Å². The minimum atomic E-state index is -0.750. The van der Waals surface area contributed by atoms with Gasteiger partial charge in [0.05, 0.1) is 46.5 Å². The van der Waals surface area contributed by atoms with E-state index >= 15 is 4.39 Å². The van der Waals surface area contributed by atoms with E-state index in [1.807, 2.05) is 48.2 Å². The van der Waals surface area contributed by atoms with Crippen molar-refractivity contribution in [3.05, 3.63) is 84.4 Å². The lowest BCUT2D eigenvalue weighted by molar-refractivity contribution is -0.117. The fraction of sp³-hybridized carbons (Fsp3) is 0.188. The van der Waals surface area contributed by atoms with Crippen molar-refractivity contribution in [2.45, 2.75) is 26.0 Å². The second-order valence-corrected chi connectivity index (χ2v) is 11.2. The molecule has 0 unspecified atom stereocenters. The van der Waals surface area contributed by atoms with Crippen LogP contribution in [-0.4, -0.2) is 48.5 Å². The Morgan fingerprint density at radius 1 is 1.21 bits per heavy atom. The molecule has 6 rings (SSSR count). The average molecular weight is 597 g/mol. The number of hydrogen-bond acceptors (Lipinski definition) is 7. The minimum absolute atomic E-state index is 0.0119. The second-order valence-electron chi connectivity index (χ2n) is 10.3. The molecule has 0 aliphatic rings. The first kappa shape index (κ1) is 28.3. The normalized spacial score (nSPS) is 12.9. The van der Waals surface area contributed by atoms with E-state index in [0.717, 1.165) is 26.7 Å². The van der Waals surface area contributed by atoms with Gasteiger partial charge in [0.25, 0.3) is 0 Å². The van der Waals surface area contributed by atoms with Crippen LogP contribution in [0.2, 0.25) is 0 Å². The summed E-state index contributed by atoms with van der Waals surface area (Å²) in [7, 11) is 1.94. The van der Waals surface area contributed by atoms with Crippen LogP contribution in [-0.2, 0) is 11.8 Å². The number of halogens is 1. The van der Waals surface area contributed by atoms with Crippen LogP contribution in [0.25, 0.3) is 54.9 Å². The number of benzene rings is 2. The van der Waals surface area contributed by atoms with Crippen molar-refractivity contribution in [2.75, 3.05) is 6.61 Å². The molecular weight excluding hydrogens is 567 g/mol. The SMILES string of the molecule is C=CC(=O)N[C@@H](C)c1cc(-c2nc(-c3ccc4c(c3)ncn4C)c3ccsc3c2-c2c(F)cccc2OC[C@@H](C)O)n[nH]1. The summed E-state index contributed by atoms with van der Waals surface area (Å²) < 4.78 is 24.5. The zero-order valence-corrected chi connectivity index (χ0v) is 24.6. The molecular formula is C32H29FN6O3S. The van der Waals surface area contributed by atoms with Crippen LogP contribution in [0.3, 0.4) is 0 Å². The fourth-order valence-electron chi connectivity index (χ4n) is 5.05. The highest BCUT2D eigenvalue weighted by Gasteiger charge is 2.26. The lowest BCUT2D eigenvalue weighted by Gasteiger charge is -2.18. The first-order chi connectivity index (χ1) is 20.7. The van der Waals surface area contributed by atoms with E-state index < -0.39 is 18.0 Å². The third kappa shape index (κ3) is 5.28. The molecule has 4 aromatic heterocycles. The van der Waals surface area contributed by atoms with Gasteiger partial charge in [-0.1, -0.05) is 18.7 Å². The Morgan fingerprint density at radius 3 is 2.84 bits per heavy atom. The summed E-state index contributed by atoms with van der Waals surface area (Å²) in [6.45, 7) is 6.93. The molecule has 4 heterocycles. The molecule has 43 heavy (non-hydrogen) atoms. The molecule has 0 saturated carbocycles. The predicted octanol–water partition coefficient (Wildman–Crippen LogP) is 6.17. The molecule has 9 nitrogen and oxygen atoms in total. The highest BCUT2D eigenvalue weighted by Crippen LogP contribution is 2.46. The summed E-state index contributed by atoms with van der Waals surface area (Å²) in [5.41, 5.74) is 5.64. The van der Waals surface area contributed by atoms with Crippen LogP contribution in [0.4, 0.5) is 4.39 Å². The Hall–Kier alpha value is -4.87. The standard InChI is InChI=1S/C32H29FN6O3S/c1-5-27(41)35-18(3)22-14-24(38-37-22)31-29(28-21(33)7-6-8-26(28)42-15-17(2)40)32-20(11-12-43-32)30(36-31)19-9-10-25-23(13-19)34-16-39(25)4/h5-14,16-18,40H,1,15H2,2-4H3,(H,35,41)(H,37,38)/t17-,18+/m1/s1. The number of ether oxygens (including phenoxy) is 1. The van der Waals surface area contributed by atoms with Crippen LogP contribution in [0.15, 0.2) is 72.9 Å². The van der Waals surface area contributed by atoms with Crippen LogP contribution < -0.4 is 10.1 Å². The van der Waals surface area contributed by atoms with Gasteiger partial charge in [0.2, 0.25) is 5.91 Å². The van der Waals surface area contributed by atoms with Crippen molar-refractivity contribution in [3.63, 3.8) is 0 Å². The minimum Gasteiger partial charge on any atom is -0.490 e. The Bertz CT molecular complexity index is 1990. The van der Waals surface area contributed by atoms with Crippen molar-refractivity contribution < 1.29 is 19.0 Å². The van der Waals surface area contributed by atoms with Gasteiger partial charge in [-0.15, -0.1) is 11.3 Å². The van der Waals surface area contributed by atoms with E-state index in [9.17, 15) is 9.90 Å². The predicted molar refractivity (Wildman–Crippen MR) is 166 cm³/mol. The molecule has 0 bridgehead atoms. The number of aryl methyl sites for hydroxylation is 1. The number of hydrogen-bond donors (Lipinski definition) is 3. The summed E-state index contributed by atoms with van der Waals surface area (Å²) in [6, 6.07) is 14.0. The van der Waals surface area contributed by atoms with Gasteiger partial charge >= 0.3 is 0 Å². The van der Waals surface area contributed by atoms with E-state index in [0.29, 0.717) is 28.3 Å². The number of aromatic amines is 1. The fourth-order valence-corrected chi connectivity index (χ4v) is 6.00. The molecule has 2 aromatic carbocycles. The van der Waals surface area contributed by atoms with Crippen LogP contribution in [0, 0.1) is 5.82 Å². The van der Waals surface area contributed by atoms with Crippen LogP contribution >= 0.6 is 11.3 Å². The first-order valence-corrected chi connectivity index (χ1v) is 14.5. The number of carbonyl (C=O) groups is 1. The van der Waals surface area contributed by atoms with Gasteiger partial charge in [-0.2, -0.15) is 5.10 Å². The Kier molecular flexibility index (Phi) is 7.51. The Labute approximate surface area is 250 Å². The molecule has 0 radical (unpaired) electrons.